The first-order valence-corrected chi connectivity index (χ1v) is 12.9. The zero-order valence-electron chi connectivity index (χ0n) is 19.3. The number of aryl methyl sites for hydroxylation is 1. The maximum atomic E-state index is 12.7. The molecule has 0 saturated carbocycles. The molecule has 174 valence electrons. The van der Waals surface area contributed by atoms with Crippen LogP contribution in [0.3, 0.4) is 0 Å². The molecule has 1 aliphatic rings. The van der Waals surface area contributed by atoms with Gasteiger partial charge in [-0.25, -0.2) is 4.98 Å². The number of nitriles is 3. The summed E-state index contributed by atoms with van der Waals surface area (Å²) in [4.78, 5) is 18.0. The van der Waals surface area contributed by atoms with Crippen LogP contribution < -0.4 is 11.1 Å². The van der Waals surface area contributed by atoms with Crippen LogP contribution in [0.25, 0.3) is 10.4 Å². The summed E-state index contributed by atoms with van der Waals surface area (Å²) in [7, 11) is 0. The first-order chi connectivity index (χ1) is 16.9. The Morgan fingerprint density at radius 1 is 1.14 bits per heavy atom. The molecular formula is C26H22N6OS2. The summed E-state index contributed by atoms with van der Waals surface area (Å²) in [5.74, 6) is 0.161. The Kier molecular flexibility index (Phi) is 7.07. The molecule has 1 aromatic carbocycles. The molecule has 35 heavy (non-hydrogen) atoms. The topological polar surface area (TPSA) is 139 Å². The fourth-order valence-corrected chi connectivity index (χ4v) is 6.50. The van der Waals surface area contributed by atoms with Crippen molar-refractivity contribution in [3.05, 3.63) is 57.6 Å². The third-order valence-electron chi connectivity index (χ3n) is 5.88. The fourth-order valence-electron chi connectivity index (χ4n) is 4.28. The molecule has 0 spiro atoms. The second-order valence-electron chi connectivity index (χ2n) is 8.37. The molecule has 0 radical (unpaired) electrons. The molecule has 9 heteroatoms. The van der Waals surface area contributed by atoms with Crippen molar-refractivity contribution in [3.63, 3.8) is 0 Å². The molecule has 3 aromatic rings. The number of benzene rings is 1. The van der Waals surface area contributed by atoms with Gasteiger partial charge in [-0.3, -0.25) is 4.79 Å². The Morgan fingerprint density at radius 2 is 1.86 bits per heavy atom. The average Bonchev–Trinajstić information content (AvgIpc) is 3.20. The van der Waals surface area contributed by atoms with E-state index in [2.05, 4.69) is 34.6 Å². The normalized spacial score (nSPS) is 11.7. The van der Waals surface area contributed by atoms with Crippen LogP contribution in [-0.4, -0.2) is 16.6 Å². The molecule has 0 bridgehead atoms. The first kappa shape index (κ1) is 24.3. The number of carbonyl (C=O) groups excluding carboxylic acids is 1. The highest BCUT2D eigenvalue weighted by atomic mass is 32.2. The Labute approximate surface area is 212 Å². The van der Waals surface area contributed by atoms with Gasteiger partial charge >= 0.3 is 0 Å². The number of amides is 1. The number of carbonyl (C=O) groups is 1. The number of pyridine rings is 1. The molecule has 0 aliphatic heterocycles. The first-order valence-electron chi connectivity index (χ1n) is 11.1. The molecular weight excluding hydrogens is 476 g/mol. The summed E-state index contributed by atoms with van der Waals surface area (Å²) in [5.41, 5.74) is 11.0. The summed E-state index contributed by atoms with van der Waals surface area (Å²) in [6.07, 6.45) is 1.81. The predicted molar refractivity (Wildman–Crippen MR) is 138 cm³/mol. The van der Waals surface area contributed by atoms with Crippen LogP contribution in [-0.2, 0) is 17.6 Å². The second kappa shape index (κ2) is 10.2. The summed E-state index contributed by atoms with van der Waals surface area (Å²) in [6, 6.07) is 14.6. The van der Waals surface area contributed by atoms with E-state index in [9.17, 15) is 20.6 Å². The number of hydrogen-bond donors (Lipinski definition) is 2. The van der Waals surface area contributed by atoms with Gasteiger partial charge in [-0.2, -0.15) is 15.8 Å². The Bertz CT molecular complexity index is 1450. The lowest BCUT2D eigenvalue weighted by Crippen LogP contribution is -2.13. The Balaban J connectivity index is 1.50. The summed E-state index contributed by atoms with van der Waals surface area (Å²) >= 11 is 2.70. The number of anilines is 2. The molecule has 0 fully saturated rings. The third-order valence-corrected chi connectivity index (χ3v) is 8.04. The predicted octanol–water partition coefficient (Wildman–Crippen LogP) is 5.35. The van der Waals surface area contributed by atoms with E-state index in [4.69, 9.17) is 5.73 Å². The number of nitrogen functional groups attached to an aromatic ring is 1. The number of hydrogen-bond acceptors (Lipinski definition) is 8. The number of nitrogens with two attached hydrogens (primary N) is 1. The lowest BCUT2D eigenvalue weighted by atomic mass is 9.90. The van der Waals surface area contributed by atoms with Gasteiger partial charge in [0.15, 0.2) is 0 Å². The van der Waals surface area contributed by atoms with Crippen LogP contribution in [0, 0.1) is 34.0 Å². The minimum absolute atomic E-state index is 0.0772. The molecule has 4 rings (SSSR count). The molecule has 0 saturated heterocycles. The van der Waals surface area contributed by atoms with Crippen LogP contribution in [0.2, 0.25) is 0 Å². The van der Waals surface area contributed by atoms with Crippen molar-refractivity contribution in [3.8, 4) is 28.6 Å². The average molecular weight is 499 g/mol. The minimum Gasteiger partial charge on any atom is -0.383 e. The molecule has 1 amide bonds. The van der Waals surface area contributed by atoms with Crippen LogP contribution in [0.4, 0.5) is 10.8 Å². The number of fused-ring (bicyclic) bond motifs is 3. The number of rotatable bonds is 6. The van der Waals surface area contributed by atoms with Crippen molar-refractivity contribution < 1.29 is 4.79 Å². The minimum atomic E-state index is -0.218. The SMILES string of the molecule is CC(C)c1c(C#N)c(N)nc(SCCC(=O)Nc2sc3c(c2C#N)CCc2ccccc2-3)c1C#N. The zero-order valence-corrected chi connectivity index (χ0v) is 20.9. The number of aromatic nitrogens is 1. The van der Waals surface area contributed by atoms with Crippen molar-refractivity contribution in [2.45, 2.75) is 44.1 Å². The number of nitrogens with zero attached hydrogens (tertiary/aromatic N) is 4. The van der Waals surface area contributed by atoms with Gasteiger partial charge in [0.05, 0.1) is 16.7 Å². The van der Waals surface area contributed by atoms with E-state index >= 15 is 0 Å². The summed E-state index contributed by atoms with van der Waals surface area (Å²) in [6.45, 7) is 3.79. The van der Waals surface area contributed by atoms with Crippen LogP contribution in [0.15, 0.2) is 29.3 Å². The molecule has 0 unspecified atom stereocenters. The van der Waals surface area contributed by atoms with Gasteiger partial charge in [0, 0.05) is 17.1 Å². The smallest absolute Gasteiger partial charge is 0.225 e. The maximum Gasteiger partial charge on any atom is 0.225 e. The number of thiophene rings is 1. The lowest BCUT2D eigenvalue weighted by Gasteiger charge is -2.15. The van der Waals surface area contributed by atoms with E-state index in [1.165, 1.54) is 28.7 Å². The standard InChI is InChI=1S/C26H22N6OS2/c1-14(2)22-19(12-28)24(30)32-25(20(22)13-29)34-10-9-21(33)31-26-18(11-27)17-8-7-15-5-3-4-6-16(15)23(17)35-26/h3-6,14H,7-10H2,1-2H3,(H2,30,32)(H,31,33). The van der Waals surface area contributed by atoms with Crippen molar-refractivity contribution in [1.82, 2.24) is 4.98 Å². The molecule has 2 aromatic heterocycles. The Hall–Kier alpha value is -3.84. The van der Waals surface area contributed by atoms with Gasteiger partial charge in [0.1, 0.15) is 34.1 Å². The Morgan fingerprint density at radius 3 is 2.54 bits per heavy atom. The van der Waals surface area contributed by atoms with Crippen LogP contribution in [0.1, 0.15) is 59.6 Å². The fraction of sp³-hybridized carbons (Fsp3) is 0.269. The van der Waals surface area contributed by atoms with Gasteiger partial charge in [-0.05, 0) is 41.0 Å². The highest BCUT2D eigenvalue weighted by Crippen LogP contribution is 2.44. The highest BCUT2D eigenvalue weighted by Gasteiger charge is 2.25. The quantitative estimate of drug-likeness (QED) is 0.437. The number of nitrogens with one attached hydrogen (secondary N) is 1. The van der Waals surface area contributed by atoms with Gasteiger partial charge in [0.25, 0.3) is 0 Å². The van der Waals surface area contributed by atoms with Crippen molar-refractivity contribution >= 4 is 39.8 Å². The van der Waals surface area contributed by atoms with Crippen LogP contribution in [0.5, 0.6) is 0 Å². The monoisotopic (exact) mass is 498 g/mol. The van der Waals surface area contributed by atoms with E-state index in [0.717, 1.165) is 28.8 Å². The molecule has 2 heterocycles. The molecule has 3 N–H and O–H groups in total. The summed E-state index contributed by atoms with van der Waals surface area (Å²) < 4.78 is 0. The van der Waals surface area contributed by atoms with Gasteiger partial charge < -0.3 is 11.1 Å². The maximum absolute atomic E-state index is 12.7. The van der Waals surface area contributed by atoms with E-state index in [-0.39, 0.29) is 29.6 Å². The molecule has 1 aliphatic carbocycles. The summed E-state index contributed by atoms with van der Waals surface area (Å²) in [5, 5.41) is 32.8. The van der Waals surface area contributed by atoms with Gasteiger partial charge in [-0.1, -0.05) is 38.1 Å². The number of thioether (sulfide) groups is 1. The van der Waals surface area contributed by atoms with E-state index in [0.29, 0.717) is 32.5 Å². The second-order valence-corrected chi connectivity index (χ2v) is 10.5. The molecule has 7 nitrogen and oxygen atoms in total. The van der Waals surface area contributed by atoms with Crippen molar-refractivity contribution in [1.29, 1.82) is 15.8 Å². The van der Waals surface area contributed by atoms with Gasteiger partial charge in [0.2, 0.25) is 5.91 Å². The lowest BCUT2D eigenvalue weighted by molar-refractivity contribution is -0.115. The molecule has 0 atom stereocenters. The largest absolute Gasteiger partial charge is 0.383 e. The van der Waals surface area contributed by atoms with Crippen molar-refractivity contribution in [2.75, 3.05) is 16.8 Å². The highest BCUT2D eigenvalue weighted by molar-refractivity contribution is 7.99. The van der Waals surface area contributed by atoms with Crippen molar-refractivity contribution in [2.24, 2.45) is 0 Å². The zero-order chi connectivity index (χ0) is 25.1. The third kappa shape index (κ3) is 4.59. The van der Waals surface area contributed by atoms with E-state index in [1.807, 2.05) is 32.0 Å². The van der Waals surface area contributed by atoms with E-state index in [1.54, 1.807) is 0 Å². The van der Waals surface area contributed by atoms with E-state index < -0.39 is 0 Å². The van der Waals surface area contributed by atoms with Gasteiger partial charge in [-0.15, -0.1) is 23.1 Å². The van der Waals surface area contributed by atoms with Crippen LogP contribution >= 0.6 is 23.1 Å².